The van der Waals surface area contributed by atoms with Crippen molar-refractivity contribution in [3.05, 3.63) is 32.8 Å². The first kappa shape index (κ1) is 13.4. The lowest BCUT2D eigenvalue weighted by atomic mass is 10.3. The van der Waals surface area contributed by atoms with Gasteiger partial charge >= 0.3 is 5.97 Å². The molecule has 1 aromatic carbocycles. The molecule has 1 atom stereocenters. The number of methoxy groups -OCH3 is 1. The number of non-ortho nitro benzene ring substituents is 1. The maximum atomic E-state index is 11.1. The molecule has 92 valence electrons. The van der Waals surface area contributed by atoms with Gasteiger partial charge in [0.15, 0.2) is 6.10 Å². The minimum Gasteiger partial charge on any atom is -0.478 e. The molecule has 0 aliphatic heterocycles. The Kier molecular flexibility index (Phi) is 4.45. The summed E-state index contributed by atoms with van der Waals surface area (Å²) in [5.41, 5.74) is -0.111. The number of carbonyl (C=O) groups excluding carboxylic acids is 1. The molecule has 0 aromatic heterocycles. The van der Waals surface area contributed by atoms with Crippen molar-refractivity contribution in [1.29, 1.82) is 0 Å². The van der Waals surface area contributed by atoms with E-state index >= 15 is 0 Å². The summed E-state index contributed by atoms with van der Waals surface area (Å²) in [6.45, 7) is 1.50. The Bertz CT molecular complexity index is 448. The quantitative estimate of drug-likeness (QED) is 0.484. The van der Waals surface area contributed by atoms with Crippen molar-refractivity contribution in [2.45, 2.75) is 13.0 Å². The lowest BCUT2D eigenvalue weighted by Gasteiger charge is -2.13. The van der Waals surface area contributed by atoms with Crippen molar-refractivity contribution in [2.24, 2.45) is 0 Å². The van der Waals surface area contributed by atoms with Crippen LogP contribution in [0.1, 0.15) is 6.92 Å². The Morgan fingerprint density at radius 3 is 2.71 bits per heavy atom. The standard InChI is InChI=1S/C10H10BrNO5/c1-6(10(13)16-2)17-9-5-7(12(14)15)3-4-8(9)11/h3-6H,1-2H3/t6-/m1/s1. The van der Waals surface area contributed by atoms with Gasteiger partial charge in [-0.25, -0.2) is 4.79 Å². The van der Waals surface area contributed by atoms with Gasteiger partial charge in [0.25, 0.3) is 5.69 Å². The molecule has 17 heavy (non-hydrogen) atoms. The summed E-state index contributed by atoms with van der Waals surface area (Å²) in [7, 11) is 1.24. The fourth-order valence-electron chi connectivity index (χ4n) is 1.10. The summed E-state index contributed by atoms with van der Waals surface area (Å²) in [4.78, 5) is 21.2. The number of hydrogen-bond acceptors (Lipinski definition) is 5. The fourth-order valence-corrected chi connectivity index (χ4v) is 1.44. The molecule has 0 radical (unpaired) electrons. The number of hydrogen-bond donors (Lipinski definition) is 0. The number of carbonyl (C=O) groups is 1. The van der Waals surface area contributed by atoms with Gasteiger partial charge in [-0.3, -0.25) is 10.1 Å². The average Bonchev–Trinajstić information content (AvgIpc) is 2.30. The van der Waals surface area contributed by atoms with Crippen LogP contribution in [0.15, 0.2) is 22.7 Å². The first-order valence-electron chi connectivity index (χ1n) is 4.64. The summed E-state index contributed by atoms with van der Waals surface area (Å²) < 4.78 is 10.3. The van der Waals surface area contributed by atoms with Gasteiger partial charge in [0.05, 0.1) is 22.6 Å². The molecule has 0 spiro atoms. The Morgan fingerprint density at radius 1 is 1.53 bits per heavy atom. The maximum Gasteiger partial charge on any atom is 0.346 e. The van der Waals surface area contributed by atoms with Gasteiger partial charge in [-0.05, 0) is 28.9 Å². The van der Waals surface area contributed by atoms with E-state index < -0.39 is 17.0 Å². The normalized spacial score (nSPS) is 11.7. The Balaban J connectivity index is 2.93. The smallest absolute Gasteiger partial charge is 0.346 e. The predicted octanol–water partition coefficient (Wildman–Crippen LogP) is 2.30. The van der Waals surface area contributed by atoms with Crippen LogP contribution >= 0.6 is 15.9 Å². The largest absolute Gasteiger partial charge is 0.478 e. The zero-order valence-electron chi connectivity index (χ0n) is 9.18. The van der Waals surface area contributed by atoms with Crippen molar-refractivity contribution in [2.75, 3.05) is 7.11 Å². The van der Waals surface area contributed by atoms with Gasteiger partial charge in [-0.15, -0.1) is 0 Å². The van der Waals surface area contributed by atoms with E-state index in [0.717, 1.165) is 0 Å². The first-order valence-corrected chi connectivity index (χ1v) is 5.43. The van der Waals surface area contributed by atoms with Crippen LogP contribution in [-0.4, -0.2) is 24.1 Å². The Labute approximate surface area is 106 Å². The van der Waals surface area contributed by atoms with E-state index in [2.05, 4.69) is 20.7 Å². The number of ether oxygens (including phenoxy) is 2. The van der Waals surface area contributed by atoms with Crippen LogP contribution in [0.4, 0.5) is 5.69 Å². The molecule has 1 rings (SSSR count). The number of nitro groups is 1. The van der Waals surface area contributed by atoms with Gasteiger partial charge in [0, 0.05) is 6.07 Å². The molecule has 0 N–H and O–H groups in total. The number of benzene rings is 1. The van der Waals surface area contributed by atoms with Crippen LogP contribution in [0.5, 0.6) is 5.75 Å². The highest BCUT2D eigenvalue weighted by atomic mass is 79.9. The molecule has 7 heteroatoms. The monoisotopic (exact) mass is 303 g/mol. The van der Waals surface area contributed by atoms with Gasteiger partial charge in [-0.2, -0.15) is 0 Å². The number of rotatable bonds is 4. The molecular formula is C10H10BrNO5. The molecule has 0 amide bonds. The van der Waals surface area contributed by atoms with Gasteiger partial charge in [0.1, 0.15) is 5.75 Å². The van der Waals surface area contributed by atoms with Crippen LogP contribution in [-0.2, 0) is 9.53 Å². The molecule has 0 fully saturated rings. The highest BCUT2D eigenvalue weighted by Gasteiger charge is 2.18. The molecule has 6 nitrogen and oxygen atoms in total. The van der Waals surface area contributed by atoms with Crippen LogP contribution in [0, 0.1) is 10.1 Å². The van der Waals surface area contributed by atoms with E-state index in [1.807, 2.05) is 0 Å². The molecule has 0 saturated heterocycles. The zero-order chi connectivity index (χ0) is 13.0. The minimum atomic E-state index is -0.835. The second-order valence-corrected chi connectivity index (χ2v) is 4.01. The van der Waals surface area contributed by atoms with Crippen molar-refractivity contribution in [3.63, 3.8) is 0 Å². The van der Waals surface area contributed by atoms with E-state index in [-0.39, 0.29) is 11.4 Å². The highest BCUT2D eigenvalue weighted by Crippen LogP contribution is 2.30. The Hall–Kier alpha value is -1.63. The summed E-state index contributed by atoms with van der Waals surface area (Å²) in [5, 5.41) is 10.6. The number of nitro benzene ring substituents is 1. The van der Waals surface area contributed by atoms with E-state index in [0.29, 0.717) is 4.47 Å². The summed E-state index contributed by atoms with van der Waals surface area (Å²) in [6.07, 6.45) is -0.835. The van der Waals surface area contributed by atoms with Crippen molar-refractivity contribution in [1.82, 2.24) is 0 Å². The second-order valence-electron chi connectivity index (χ2n) is 3.16. The topological polar surface area (TPSA) is 78.7 Å². The number of halogens is 1. The van der Waals surface area contributed by atoms with E-state index in [9.17, 15) is 14.9 Å². The lowest BCUT2D eigenvalue weighted by Crippen LogP contribution is -2.25. The maximum absolute atomic E-state index is 11.1. The average molecular weight is 304 g/mol. The molecule has 0 bridgehead atoms. The van der Waals surface area contributed by atoms with Crippen LogP contribution < -0.4 is 4.74 Å². The highest BCUT2D eigenvalue weighted by molar-refractivity contribution is 9.10. The third kappa shape index (κ3) is 3.42. The van der Waals surface area contributed by atoms with Crippen molar-refractivity contribution < 1.29 is 19.2 Å². The van der Waals surface area contributed by atoms with E-state index in [1.54, 1.807) is 0 Å². The zero-order valence-corrected chi connectivity index (χ0v) is 10.8. The van der Waals surface area contributed by atoms with E-state index in [1.165, 1.54) is 32.2 Å². The van der Waals surface area contributed by atoms with Crippen molar-refractivity contribution >= 4 is 27.6 Å². The fraction of sp³-hybridized carbons (Fsp3) is 0.300. The third-order valence-electron chi connectivity index (χ3n) is 1.96. The summed E-state index contributed by atoms with van der Waals surface area (Å²) >= 11 is 3.18. The molecule has 1 aromatic rings. The molecule has 0 unspecified atom stereocenters. The molecule has 0 saturated carbocycles. The second kappa shape index (κ2) is 5.62. The van der Waals surface area contributed by atoms with Gasteiger partial charge in [0.2, 0.25) is 0 Å². The first-order chi connectivity index (χ1) is 7.95. The Morgan fingerprint density at radius 2 is 2.18 bits per heavy atom. The lowest BCUT2D eigenvalue weighted by molar-refractivity contribution is -0.385. The van der Waals surface area contributed by atoms with E-state index in [4.69, 9.17) is 4.74 Å². The van der Waals surface area contributed by atoms with Crippen LogP contribution in [0.3, 0.4) is 0 Å². The summed E-state index contributed by atoms with van der Waals surface area (Å²) in [5.74, 6) is -0.333. The van der Waals surface area contributed by atoms with Crippen LogP contribution in [0.25, 0.3) is 0 Å². The molecular weight excluding hydrogens is 294 g/mol. The predicted molar refractivity (Wildman–Crippen MR) is 62.9 cm³/mol. The molecule has 0 heterocycles. The number of nitrogens with zero attached hydrogens (tertiary/aromatic N) is 1. The molecule has 0 aliphatic rings. The van der Waals surface area contributed by atoms with Gasteiger partial charge < -0.3 is 9.47 Å². The number of esters is 1. The SMILES string of the molecule is COC(=O)[C@@H](C)Oc1cc([N+](=O)[O-])ccc1Br. The third-order valence-corrected chi connectivity index (χ3v) is 2.62. The van der Waals surface area contributed by atoms with Crippen LogP contribution in [0.2, 0.25) is 0 Å². The molecule has 0 aliphatic carbocycles. The van der Waals surface area contributed by atoms with Gasteiger partial charge in [-0.1, -0.05) is 0 Å². The van der Waals surface area contributed by atoms with Crippen molar-refractivity contribution in [3.8, 4) is 5.75 Å². The summed E-state index contributed by atoms with van der Waals surface area (Å²) in [6, 6.07) is 4.06. The minimum absolute atomic E-state index is 0.111.